The van der Waals surface area contributed by atoms with Crippen molar-refractivity contribution in [1.82, 2.24) is 0 Å². The molecule has 1 spiro atoms. The summed E-state index contributed by atoms with van der Waals surface area (Å²) in [5.41, 5.74) is -4.64. The van der Waals surface area contributed by atoms with Crippen LogP contribution in [0.15, 0.2) is 23.0 Å². The van der Waals surface area contributed by atoms with E-state index in [0.717, 1.165) is 0 Å². The molecular formula is C32H42O13. The Hall–Kier alpha value is -2.39. The van der Waals surface area contributed by atoms with Gasteiger partial charge in [0.15, 0.2) is 12.4 Å². The monoisotopic (exact) mass is 634 g/mol. The number of furan rings is 1. The maximum atomic E-state index is 14.7. The van der Waals surface area contributed by atoms with Crippen molar-refractivity contribution in [3.05, 3.63) is 24.2 Å². The lowest BCUT2D eigenvalue weighted by molar-refractivity contribution is -0.329. The van der Waals surface area contributed by atoms with Crippen LogP contribution in [-0.4, -0.2) is 98.9 Å². The first-order chi connectivity index (χ1) is 21.1. The molecule has 0 radical (unpaired) electrons. The Morgan fingerprint density at radius 2 is 1.69 bits per heavy atom. The fraction of sp³-hybridized carbons (Fsp3) is 0.781. The first-order valence-corrected chi connectivity index (χ1v) is 15.7. The van der Waals surface area contributed by atoms with E-state index in [1.54, 1.807) is 19.9 Å². The standard InChI is InChI=1S/C32H42O13/c1-28(2)17-10-18(34)31(5)16(6-8-29(3)24(14-7-9-40-13-14)43-26(39)25-32(29,31)45-25)30(17,4)19(11-20(35)44-28)42-27-23(38)22(37)21(36)15(12-33)41-27/h7,9,13,15-17,19,21-25,27,33,36-38H,6,8,10-12H2,1-5H3. The van der Waals surface area contributed by atoms with Crippen molar-refractivity contribution < 1.29 is 62.9 Å². The van der Waals surface area contributed by atoms with Gasteiger partial charge in [-0.1, -0.05) is 13.8 Å². The first-order valence-electron chi connectivity index (χ1n) is 15.7. The third kappa shape index (κ3) is 3.83. The van der Waals surface area contributed by atoms with Crippen LogP contribution in [0.2, 0.25) is 0 Å². The van der Waals surface area contributed by atoms with E-state index in [1.807, 2.05) is 20.8 Å². The normalized spacial score (nSPS) is 51.9. The van der Waals surface area contributed by atoms with Crippen molar-refractivity contribution >= 4 is 17.7 Å². The van der Waals surface area contributed by atoms with E-state index in [0.29, 0.717) is 18.4 Å². The van der Waals surface area contributed by atoms with Gasteiger partial charge in [-0.25, -0.2) is 4.79 Å². The highest BCUT2D eigenvalue weighted by Crippen LogP contribution is 2.78. The number of cyclic esters (lactones) is 2. The Morgan fingerprint density at radius 3 is 2.36 bits per heavy atom. The van der Waals surface area contributed by atoms with Crippen LogP contribution in [-0.2, 0) is 38.1 Å². The van der Waals surface area contributed by atoms with Crippen molar-refractivity contribution in [3.63, 3.8) is 0 Å². The van der Waals surface area contributed by atoms with Gasteiger partial charge in [-0.3, -0.25) is 9.59 Å². The third-order valence-electron chi connectivity index (χ3n) is 12.6. The van der Waals surface area contributed by atoms with E-state index in [9.17, 15) is 34.8 Å². The second kappa shape index (κ2) is 9.82. The van der Waals surface area contributed by atoms with E-state index in [2.05, 4.69) is 0 Å². The average molecular weight is 635 g/mol. The summed E-state index contributed by atoms with van der Waals surface area (Å²) >= 11 is 0. The molecule has 0 amide bonds. The first kappa shape index (κ1) is 31.2. The maximum Gasteiger partial charge on any atom is 0.339 e. The summed E-state index contributed by atoms with van der Waals surface area (Å²) in [5.74, 6) is -2.26. The molecule has 6 fully saturated rings. The molecule has 4 aliphatic heterocycles. The number of aliphatic hydroxyl groups excluding tert-OH is 4. The van der Waals surface area contributed by atoms with Gasteiger partial charge >= 0.3 is 11.9 Å². The summed E-state index contributed by atoms with van der Waals surface area (Å²) in [6.07, 6.45) is -6.56. The van der Waals surface area contributed by atoms with E-state index >= 15 is 0 Å². The smallest absolute Gasteiger partial charge is 0.339 e. The van der Waals surface area contributed by atoms with Crippen molar-refractivity contribution in [3.8, 4) is 0 Å². The zero-order valence-corrected chi connectivity index (χ0v) is 26.0. The number of aliphatic hydroxyl groups is 4. The highest BCUT2D eigenvalue weighted by molar-refractivity contribution is 5.93. The van der Waals surface area contributed by atoms with Gasteiger partial charge < -0.3 is 48.5 Å². The summed E-state index contributed by atoms with van der Waals surface area (Å²) in [6.45, 7) is 8.70. The van der Waals surface area contributed by atoms with Crippen molar-refractivity contribution in [2.45, 2.75) is 121 Å². The van der Waals surface area contributed by atoms with Gasteiger partial charge in [0.05, 0.1) is 37.1 Å². The maximum absolute atomic E-state index is 14.7. The molecule has 248 valence electrons. The fourth-order valence-corrected chi connectivity index (χ4v) is 10.4. The minimum Gasteiger partial charge on any atom is -0.472 e. The Bertz CT molecular complexity index is 1390. The summed E-state index contributed by atoms with van der Waals surface area (Å²) in [7, 11) is 0. The molecule has 14 unspecified atom stereocenters. The highest BCUT2D eigenvalue weighted by atomic mass is 16.7. The molecule has 4 N–H and O–H groups in total. The number of hydrogen-bond acceptors (Lipinski definition) is 13. The van der Waals surface area contributed by atoms with Crippen LogP contribution in [0.1, 0.15) is 72.0 Å². The number of ether oxygens (including phenoxy) is 5. The number of epoxide rings is 1. The lowest BCUT2D eigenvalue weighted by atomic mass is 9.37. The number of carbonyl (C=O) groups excluding carboxylic acids is 3. The number of Topliss-reactive ketones (excluding diaryl/α,β-unsaturated/α-hetero) is 1. The van der Waals surface area contributed by atoms with E-state index in [4.69, 9.17) is 28.1 Å². The van der Waals surface area contributed by atoms with Crippen molar-refractivity contribution in [2.24, 2.45) is 28.1 Å². The fourth-order valence-electron chi connectivity index (χ4n) is 10.4. The minimum absolute atomic E-state index is 0.00233. The van der Waals surface area contributed by atoms with Crippen molar-refractivity contribution in [2.75, 3.05) is 6.61 Å². The summed E-state index contributed by atoms with van der Waals surface area (Å²) < 4.78 is 35.8. The quantitative estimate of drug-likeness (QED) is 0.270. The molecule has 2 aliphatic carbocycles. The third-order valence-corrected chi connectivity index (χ3v) is 12.6. The molecule has 0 aromatic carbocycles. The average Bonchev–Trinajstić information content (AvgIpc) is 3.57. The molecule has 13 nitrogen and oxygen atoms in total. The molecule has 14 atom stereocenters. The number of rotatable bonds is 4. The molecule has 7 rings (SSSR count). The molecular weight excluding hydrogens is 592 g/mol. The summed E-state index contributed by atoms with van der Waals surface area (Å²) in [5, 5.41) is 41.5. The Labute approximate surface area is 260 Å². The van der Waals surface area contributed by atoms with Gasteiger partial charge in [0, 0.05) is 28.7 Å². The molecule has 0 bridgehead atoms. The molecule has 1 aromatic heterocycles. The van der Waals surface area contributed by atoms with E-state index < -0.39 is 107 Å². The second-order valence-corrected chi connectivity index (χ2v) is 15.0. The van der Waals surface area contributed by atoms with Crippen LogP contribution >= 0.6 is 0 Å². The van der Waals surface area contributed by atoms with Gasteiger partial charge in [0.25, 0.3) is 0 Å². The van der Waals surface area contributed by atoms with Gasteiger partial charge in [-0.15, -0.1) is 0 Å². The predicted molar refractivity (Wildman–Crippen MR) is 149 cm³/mol. The Morgan fingerprint density at radius 1 is 0.956 bits per heavy atom. The number of fused-ring (bicyclic) bond motifs is 3. The lowest BCUT2D eigenvalue weighted by Crippen LogP contribution is -2.73. The van der Waals surface area contributed by atoms with Crippen LogP contribution in [0, 0.1) is 28.1 Å². The van der Waals surface area contributed by atoms with Gasteiger partial charge in [-0.05, 0) is 45.6 Å². The Kier molecular flexibility index (Phi) is 6.81. The molecule has 45 heavy (non-hydrogen) atoms. The number of ketones is 1. The number of esters is 2. The van der Waals surface area contributed by atoms with Crippen LogP contribution in [0.25, 0.3) is 0 Å². The van der Waals surface area contributed by atoms with Gasteiger partial charge in [0.1, 0.15) is 47.5 Å². The van der Waals surface area contributed by atoms with Crippen LogP contribution < -0.4 is 0 Å². The van der Waals surface area contributed by atoms with Crippen LogP contribution in [0.4, 0.5) is 0 Å². The van der Waals surface area contributed by atoms with Gasteiger partial charge in [0.2, 0.25) is 0 Å². The van der Waals surface area contributed by atoms with Crippen LogP contribution in [0.5, 0.6) is 0 Å². The molecule has 6 aliphatic rings. The summed E-state index contributed by atoms with van der Waals surface area (Å²) in [6, 6.07) is 1.75. The number of carbonyl (C=O) groups is 3. The zero-order valence-electron chi connectivity index (χ0n) is 26.0. The lowest BCUT2D eigenvalue weighted by Gasteiger charge is -2.66. The predicted octanol–water partition coefficient (Wildman–Crippen LogP) is 0.944. The summed E-state index contributed by atoms with van der Waals surface area (Å²) in [4.78, 5) is 41.4. The van der Waals surface area contributed by atoms with Crippen LogP contribution in [0.3, 0.4) is 0 Å². The molecule has 5 heterocycles. The SMILES string of the molecule is CC1(C)OC(=O)CC(OC2OC(CO)C(O)C(O)C2O)C2(C)C1CC(=O)C1(C)C2CCC2(C)C(c3ccoc3)OC(=O)C3OC321. The topological polar surface area (TPSA) is 195 Å². The van der Waals surface area contributed by atoms with Gasteiger partial charge in [-0.2, -0.15) is 0 Å². The van der Waals surface area contributed by atoms with E-state index in [-0.39, 0.29) is 18.6 Å². The largest absolute Gasteiger partial charge is 0.472 e. The molecule has 4 saturated heterocycles. The molecule has 13 heteroatoms. The molecule has 2 saturated carbocycles. The highest BCUT2D eigenvalue weighted by Gasteiger charge is 2.88. The minimum atomic E-state index is -1.69. The number of hydrogen-bond donors (Lipinski definition) is 4. The Balaban J connectivity index is 1.34. The zero-order chi connectivity index (χ0) is 32.5. The van der Waals surface area contributed by atoms with Crippen molar-refractivity contribution in [1.29, 1.82) is 0 Å². The molecule has 1 aromatic rings. The second-order valence-electron chi connectivity index (χ2n) is 15.0. The van der Waals surface area contributed by atoms with E-state index in [1.165, 1.54) is 12.5 Å².